The molecule has 4 rings (SSSR count). The maximum absolute atomic E-state index is 12.9. The Kier molecular flexibility index (Phi) is 4.45. The number of benzene rings is 1. The van der Waals surface area contributed by atoms with Crippen molar-refractivity contribution in [3.8, 4) is 0 Å². The van der Waals surface area contributed by atoms with E-state index < -0.39 is 0 Å². The van der Waals surface area contributed by atoms with Crippen LogP contribution in [0.25, 0.3) is 5.65 Å². The van der Waals surface area contributed by atoms with Gasteiger partial charge in [0.2, 0.25) is 5.91 Å². The third kappa shape index (κ3) is 3.34. The largest absolute Gasteiger partial charge is 0.356 e. The summed E-state index contributed by atoms with van der Waals surface area (Å²) in [5, 5.41) is 3.03. The van der Waals surface area contributed by atoms with E-state index in [4.69, 9.17) is 4.98 Å². The summed E-state index contributed by atoms with van der Waals surface area (Å²) in [6, 6.07) is 10.6. The molecule has 1 N–H and O–H groups in total. The molecule has 1 amide bonds. The Labute approximate surface area is 152 Å². The molecule has 5 heteroatoms. The topological polar surface area (TPSA) is 46.4 Å². The van der Waals surface area contributed by atoms with Crippen molar-refractivity contribution in [1.29, 1.82) is 0 Å². The maximum Gasteiger partial charge on any atom is 0.223 e. The van der Waals surface area contributed by atoms with Crippen molar-refractivity contribution < 1.29 is 9.18 Å². The van der Waals surface area contributed by atoms with Gasteiger partial charge < -0.3 is 9.72 Å². The molecule has 1 aliphatic carbocycles. The maximum atomic E-state index is 12.9. The number of carbonyl (C=O) groups is 1. The second-order valence-electron chi connectivity index (χ2n) is 7.04. The van der Waals surface area contributed by atoms with E-state index >= 15 is 0 Å². The van der Waals surface area contributed by atoms with Crippen LogP contribution in [0.5, 0.6) is 0 Å². The van der Waals surface area contributed by atoms with E-state index in [9.17, 15) is 9.18 Å². The third-order valence-electron chi connectivity index (χ3n) is 5.13. The minimum atomic E-state index is -0.237. The van der Waals surface area contributed by atoms with Gasteiger partial charge in [-0.1, -0.05) is 12.1 Å². The Balaban J connectivity index is 1.39. The van der Waals surface area contributed by atoms with Gasteiger partial charge in [0.15, 0.2) is 0 Å². The van der Waals surface area contributed by atoms with Gasteiger partial charge in [0, 0.05) is 30.8 Å². The monoisotopic (exact) mass is 351 g/mol. The van der Waals surface area contributed by atoms with Crippen LogP contribution in [0, 0.1) is 18.7 Å². The van der Waals surface area contributed by atoms with Crippen molar-refractivity contribution >= 4 is 11.6 Å². The summed E-state index contributed by atoms with van der Waals surface area (Å²) in [6.07, 6.45) is 5.15. The minimum absolute atomic E-state index is 0.0167. The number of carbonyl (C=O) groups excluding carboxylic acids is 1. The number of aromatic nitrogens is 2. The van der Waals surface area contributed by atoms with Gasteiger partial charge in [0.1, 0.15) is 11.5 Å². The molecule has 2 heterocycles. The first-order valence-corrected chi connectivity index (χ1v) is 9.09. The van der Waals surface area contributed by atoms with Crippen LogP contribution in [0.2, 0.25) is 0 Å². The third-order valence-corrected chi connectivity index (χ3v) is 5.13. The molecule has 3 aromatic rings. The van der Waals surface area contributed by atoms with Crippen molar-refractivity contribution in [2.75, 3.05) is 6.54 Å². The summed E-state index contributed by atoms with van der Waals surface area (Å²) < 4.78 is 15.0. The van der Waals surface area contributed by atoms with Gasteiger partial charge >= 0.3 is 0 Å². The molecule has 2 aromatic heterocycles. The standard InChI is InChI=1S/C21H22FN3O/c1-14-9-11-25-19-13-16(4-7-18(19)24-20(25)12-14)21(26)23-10-8-15-2-5-17(22)6-3-15/h2-3,5-6,9,11-12,16H,4,7-8,10,13H2,1H3,(H,23,26). The zero-order chi connectivity index (χ0) is 18.1. The number of nitrogens with one attached hydrogen (secondary N) is 1. The fourth-order valence-electron chi connectivity index (χ4n) is 3.66. The highest BCUT2D eigenvalue weighted by Gasteiger charge is 2.27. The van der Waals surface area contributed by atoms with Crippen molar-refractivity contribution in [1.82, 2.24) is 14.7 Å². The molecule has 1 aliphatic rings. The molecule has 4 nitrogen and oxygen atoms in total. The SMILES string of the molecule is Cc1ccn2c3c(nc2c1)CCC(C(=O)NCCc1ccc(F)cc1)C3. The lowest BCUT2D eigenvalue weighted by atomic mass is 9.89. The van der Waals surface area contributed by atoms with Crippen molar-refractivity contribution in [2.24, 2.45) is 5.92 Å². The highest BCUT2D eigenvalue weighted by Crippen LogP contribution is 2.26. The summed E-state index contributed by atoms with van der Waals surface area (Å²) in [5.74, 6) is -0.157. The molecule has 1 aromatic carbocycles. The minimum Gasteiger partial charge on any atom is -0.356 e. The molecule has 134 valence electrons. The molecule has 1 atom stereocenters. The number of aryl methyl sites for hydroxylation is 2. The second-order valence-corrected chi connectivity index (χ2v) is 7.04. The van der Waals surface area contributed by atoms with Crippen LogP contribution >= 0.6 is 0 Å². The molecular weight excluding hydrogens is 329 g/mol. The lowest BCUT2D eigenvalue weighted by Gasteiger charge is -2.21. The Morgan fingerprint density at radius 1 is 1.31 bits per heavy atom. The zero-order valence-corrected chi connectivity index (χ0v) is 14.8. The van der Waals surface area contributed by atoms with Crippen molar-refractivity contribution in [3.05, 3.63) is 70.9 Å². The molecular formula is C21H22FN3O. The first kappa shape index (κ1) is 16.8. The molecule has 26 heavy (non-hydrogen) atoms. The predicted octanol–water partition coefficient (Wildman–Crippen LogP) is 3.25. The van der Waals surface area contributed by atoms with Crippen molar-refractivity contribution in [3.63, 3.8) is 0 Å². The van der Waals surface area contributed by atoms with E-state index in [0.717, 1.165) is 41.9 Å². The van der Waals surface area contributed by atoms with Gasteiger partial charge in [0.25, 0.3) is 0 Å². The quantitative estimate of drug-likeness (QED) is 0.784. The summed E-state index contributed by atoms with van der Waals surface area (Å²) in [7, 11) is 0. The van der Waals surface area contributed by atoms with E-state index in [1.807, 2.05) is 6.20 Å². The first-order valence-electron chi connectivity index (χ1n) is 9.09. The number of nitrogens with zero attached hydrogens (tertiary/aromatic N) is 2. The predicted molar refractivity (Wildman–Crippen MR) is 98.6 cm³/mol. The number of fused-ring (bicyclic) bond motifs is 3. The number of hydrogen-bond donors (Lipinski definition) is 1. The second kappa shape index (κ2) is 6.90. The molecule has 1 unspecified atom stereocenters. The average molecular weight is 351 g/mol. The summed E-state index contributed by atoms with van der Waals surface area (Å²) >= 11 is 0. The number of rotatable bonds is 4. The van der Waals surface area contributed by atoms with Crippen LogP contribution in [-0.2, 0) is 24.1 Å². The zero-order valence-electron chi connectivity index (χ0n) is 14.8. The Hall–Kier alpha value is -2.69. The van der Waals surface area contributed by atoms with E-state index in [1.54, 1.807) is 12.1 Å². The summed E-state index contributed by atoms with van der Waals surface area (Å²) in [6.45, 7) is 2.63. The van der Waals surface area contributed by atoms with Crippen LogP contribution in [-0.4, -0.2) is 21.8 Å². The highest BCUT2D eigenvalue weighted by molar-refractivity contribution is 5.79. The first-order chi connectivity index (χ1) is 12.6. The number of imidazole rings is 1. The van der Waals surface area contributed by atoms with Crippen LogP contribution in [0.3, 0.4) is 0 Å². The molecule has 0 spiro atoms. The van der Waals surface area contributed by atoms with Crippen LogP contribution < -0.4 is 5.32 Å². The lowest BCUT2D eigenvalue weighted by Crippen LogP contribution is -2.35. The van der Waals surface area contributed by atoms with E-state index in [2.05, 4.69) is 28.8 Å². The van der Waals surface area contributed by atoms with Gasteiger partial charge in [-0.2, -0.15) is 0 Å². The smallest absolute Gasteiger partial charge is 0.223 e. The summed E-state index contributed by atoms with van der Waals surface area (Å²) in [5.41, 5.74) is 5.45. The molecule has 0 radical (unpaired) electrons. The normalized spacial score (nSPS) is 16.5. The fourth-order valence-corrected chi connectivity index (χ4v) is 3.66. The van der Waals surface area contributed by atoms with Crippen molar-refractivity contribution in [2.45, 2.75) is 32.6 Å². The molecule has 0 aliphatic heterocycles. The fraction of sp³-hybridized carbons (Fsp3) is 0.333. The number of pyridine rings is 1. The van der Waals surface area contributed by atoms with Crippen LogP contribution in [0.4, 0.5) is 4.39 Å². The number of halogens is 1. The van der Waals surface area contributed by atoms with Gasteiger partial charge in [0.05, 0.1) is 5.69 Å². The van der Waals surface area contributed by atoms with Gasteiger partial charge in [-0.25, -0.2) is 9.37 Å². The van der Waals surface area contributed by atoms with E-state index in [0.29, 0.717) is 13.0 Å². The number of amides is 1. The van der Waals surface area contributed by atoms with Gasteiger partial charge in [-0.15, -0.1) is 0 Å². The molecule has 0 fully saturated rings. The Bertz CT molecular complexity index is 946. The highest BCUT2D eigenvalue weighted by atomic mass is 19.1. The lowest BCUT2D eigenvalue weighted by molar-refractivity contribution is -0.125. The Morgan fingerprint density at radius 2 is 2.12 bits per heavy atom. The molecule has 0 saturated heterocycles. The average Bonchev–Trinajstić information content (AvgIpc) is 2.99. The van der Waals surface area contributed by atoms with Gasteiger partial charge in [-0.3, -0.25) is 4.79 Å². The van der Waals surface area contributed by atoms with Gasteiger partial charge in [-0.05, 0) is 61.6 Å². The van der Waals surface area contributed by atoms with E-state index in [1.165, 1.54) is 17.7 Å². The molecule has 0 bridgehead atoms. The van der Waals surface area contributed by atoms with Crippen LogP contribution in [0.1, 0.15) is 28.9 Å². The van der Waals surface area contributed by atoms with Crippen LogP contribution in [0.15, 0.2) is 42.6 Å². The Morgan fingerprint density at radius 3 is 2.92 bits per heavy atom. The van der Waals surface area contributed by atoms with E-state index in [-0.39, 0.29) is 17.6 Å². The summed E-state index contributed by atoms with van der Waals surface area (Å²) in [4.78, 5) is 17.3. The molecule has 0 saturated carbocycles. The number of hydrogen-bond acceptors (Lipinski definition) is 2.